The molecule has 42 heavy (non-hydrogen) atoms. The Morgan fingerprint density at radius 3 is 2.00 bits per heavy atom. The lowest BCUT2D eigenvalue weighted by molar-refractivity contribution is -0.131. The highest BCUT2D eigenvalue weighted by Crippen LogP contribution is 2.37. The van der Waals surface area contributed by atoms with Crippen LogP contribution < -0.4 is 5.32 Å². The minimum Gasteiger partial charge on any atom is -0.353 e. The second-order valence-corrected chi connectivity index (χ2v) is 14.6. The Hall–Kier alpha value is -2.11. The van der Waals surface area contributed by atoms with Crippen LogP contribution in [0.4, 0.5) is 8.78 Å². The Balaban J connectivity index is 1.29. The third kappa shape index (κ3) is 8.72. The number of hydrogen-bond acceptors (Lipinski definition) is 5. The van der Waals surface area contributed by atoms with Crippen molar-refractivity contribution in [1.29, 1.82) is 0 Å². The van der Waals surface area contributed by atoms with E-state index in [2.05, 4.69) is 17.1 Å². The second-order valence-electron chi connectivity index (χ2n) is 12.6. The molecule has 0 bridgehead atoms. The minimum atomic E-state index is -3.25. The molecule has 1 aromatic rings. The molecule has 11 heteroatoms. The predicted molar refractivity (Wildman–Crippen MR) is 159 cm³/mol. The van der Waals surface area contributed by atoms with Gasteiger partial charge in [0.2, 0.25) is 21.8 Å². The largest absolute Gasteiger partial charge is 0.353 e. The maximum absolute atomic E-state index is 14.2. The molecule has 0 aromatic heterocycles. The van der Waals surface area contributed by atoms with E-state index in [0.29, 0.717) is 37.4 Å². The highest BCUT2D eigenvalue weighted by Gasteiger charge is 2.34. The molecule has 4 rings (SSSR count). The first-order valence-corrected chi connectivity index (χ1v) is 17.5. The number of nitrogens with zero attached hydrogens (tertiary/aromatic N) is 3. The number of carbonyl (C=O) groups is 2. The molecule has 0 saturated carbocycles. The number of carbonyl (C=O) groups excluding carboxylic acids is 2. The molecular weight excluding hydrogens is 562 g/mol. The highest BCUT2D eigenvalue weighted by molar-refractivity contribution is 7.88. The van der Waals surface area contributed by atoms with E-state index in [0.717, 1.165) is 77.3 Å². The maximum Gasteiger partial charge on any atom is 0.223 e. The molecule has 3 heterocycles. The number of piperidine rings is 3. The summed E-state index contributed by atoms with van der Waals surface area (Å²) in [6, 6.07) is 3.87. The zero-order valence-electron chi connectivity index (χ0n) is 25.4. The van der Waals surface area contributed by atoms with E-state index >= 15 is 0 Å². The molecule has 1 aromatic carbocycles. The molecule has 236 valence electrons. The van der Waals surface area contributed by atoms with E-state index in [9.17, 15) is 26.8 Å². The third-order valence-electron chi connectivity index (χ3n) is 9.87. The summed E-state index contributed by atoms with van der Waals surface area (Å²) >= 11 is 0. The van der Waals surface area contributed by atoms with Crippen LogP contribution >= 0.6 is 0 Å². The van der Waals surface area contributed by atoms with E-state index in [1.54, 1.807) is 6.92 Å². The van der Waals surface area contributed by atoms with Crippen molar-refractivity contribution in [2.75, 3.05) is 52.1 Å². The van der Waals surface area contributed by atoms with Gasteiger partial charge in [-0.15, -0.1) is 0 Å². The third-order valence-corrected chi connectivity index (χ3v) is 11.2. The molecule has 0 aliphatic carbocycles. The summed E-state index contributed by atoms with van der Waals surface area (Å²) in [5, 5.41) is 3.31. The fourth-order valence-electron chi connectivity index (χ4n) is 7.35. The monoisotopic (exact) mass is 610 g/mol. The predicted octanol–water partition coefficient (Wildman–Crippen LogP) is 3.98. The quantitative estimate of drug-likeness (QED) is 0.433. The molecule has 2 unspecified atom stereocenters. The molecular formula is C31H48F2N4O4S. The van der Waals surface area contributed by atoms with Crippen LogP contribution in [0.3, 0.4) is 0 Å². The number of benzene rings is 1. The van der Waals surface area contributed by atoms with E-state index in [-0.39, 0.29) is 35.6 Å². The van der Waals surface area contributed by atoms with Crippen molar-refractivity contribution >= 4 is 21.8 Å². The van der Waals surface area contributed by atoms with Gasteiger partial charge in [0.05, 0.1) is 6.26 Å². The van der Waals surface area contributed by atoms with Crippen LogP contribution in [0.1, 0.15) is 76.7 Å². The first kappa shape index (κ1) is 32.8. The van der Waals surface area contributed by atoms with Gasteiger partial charge in [-0.1, -0.05) is 6.92 Å². The zero-order chi connectivity index (χ0) is 30.4. The van der Waals surface area contributed by atoms with Gasteiger partial charge >= 0.3 is 0 Å². The van der Waals surface area contributed by atoms with Gasteiger partial charge in [-0.3, -0.25) is 9.59 Å². The molecule has 8 nitrogen and oxygen atoms in total. The fourth-order valence-corrected chi connectivity index (χ4v) is 8.23. The molecule has 3 aliphatic heterocycles. The van der Waals surface area contributed by atoms with E-state index in [1.165, 1.54) is 22.7 Å². The fraction of sp³-hybridized carbons (Fsp3) is 0.742. The summed E-state index contributed by atoms with van der Waals surface area (Å²) in [4.78, 5) is 29.1. The zero-order valence-corrected chi connectivity index (χ0v) is 26.2. The van der Waals surface area contributed by atoms with Crippen molar-refractivity contribution in [3.63, 3.8) is 0 Å². The van der Waals surface area contributed by atoms with E-state index in [1.807, 2.05) is 4.90 Å². The SMILES string of the molecule is CCC(C(=O)NC1CCN(CCC(c2cc(F)cc(F)c2)C2CCN(S(C)(=O)=O)CC2)CC1)C1CCN(C(C)=O)CC1. The van der Waals surface area contributed by atoms with Crippen LogP contribution in [0.15, 0.2) is 18.2 Å². The van der Waals surface area contributed by atoms with Gasteiger partial charge in [0, 0.05) is 64.2 Å². The minimum absolute atomic E-state index is 0.0290. The van der Waals surface area contributed by atoms with Crippen molar-refractivity contribution in [1.82, 2.24) is 19.4 Å². The van der Waals surface area contributed by atoms with Crippen LogP contribution in [0.2, 0.25) is 0 Å². The standard InChI is InChI=1S/C31H48F2N4O4S/c1-4-29(23-5-15-36(16-6-23)22(2)38)31(39)34-28-9-12-35(13-10-28)14-11-30(25-19-26(32)21-27(33)20-25)24-7-17-37(18-8-24)42(3,40)41/h19-21,23-24,28-30H,4-18H2,1-3H3,(H,34,39). The van der Waals surface area contributed by atoms with E-state index < -0.39 is 21.7 Å². The number of amides is 2. The first-order chi connectivity index (χ1) is 19.9. The van der Waals surface area contributed by atoms with E-state index in [4.69, 9.17) is 0 Å². The Labute approximate surface area is 250 Å². The average Bonchev–Trinajstić information content (AvgIpc) is 2.94. The number of rotatable bonds is 10. The highest BCUT2D eigenvalue weighted by atomic mass is 32.2. The summed E-state index contributed by atoms with van der Waals surface area (Å²) in [7, 11) is -3.25. The Bertz CT molecular complexity index is 1160. The lowest BCUT2D eigenvalue weighted by atomic mass is 9.78. The van der Waals surface area contributed by atoms with Crippen LogP contribution in [0.25, 0.3) is 0 Å². The number of sulfonamides is 1. The van der Waals surface area contributed by atoms with Crippen molar-refractivity contribution in [2.45, 2.75) is 77.2 Å². The van der Waals surface area contributed by atoms with Gasteiger partial charge in [-0.25, -0.2) is 21.5 Å². The normalized spacial score (nSPS) is 22.2. The lowest BCUT2D eigenvalue weighted by Crippen LogP contribution is -2.48. The number of nitrogens with one attached hydrogen (secondary N) is 1. The van der Waals surface area contributed by atoms with Crippen molar-refractivity contribution in [3.05, 3.63) is 35.4 Å². The van der Waals surface area contributed by atoms with Gasteiger partial charge < -0.3 is 15.1 Å². The van der Waals surface area contributed by atoms with Gasteiger partial charge in [-0.05, 0) is 93.4 Å². The Morgan fingerprint density at radius 2 is 1.48 bits per heavy atom. The van der Waals surface area contributed by atoms with Crippen molar-refractivity contribution < 1.29 is 26.8 Å². The summed E-state index contributed by atoms with van der Waals surface area (Å²) in [6.45, 7) is 8.44. The molecule has 2 atom stereocenters. The van der Waals surface area contributed by atoms with Gasteiger partial charge in [0.1, 0.15) is 11.6 Å². The summed E-state index contributed by atoms with van der Waals surface area (Å²) in [5.74, 6) is -0.582. The molecule has 2 amide bonds. The van der Waals surface area contributed by atoms with Crippen LogP contribution in [-0.4, -0.2) is 92.4 Å². The molecule has 1 N–H and O–H groups in total. The smallest absolute Gasteiger partial charge is 0.223 e. The molecule has 0 spiro atoms. The van der Waals surface area contributed by atoms with Gasteiger partial charge in [0.15, 0.2) is 0 Å². The number of likely N-dealkylation sites (tertiary alicyclic amines) is 2. The van der Waals surface area contributed by atoms with Crippen molar-refractivity contribution in [2.24, 2.45) is 17.8 Å². The molecule has 3 fully saturated rings. The summed E-state index contributed by atoms with van der Waals surface area (Å²) < 4.78 is 53.8. The number of hydrogen-bond donors (Lipinski definition) is 1. The Kier molecular flexibility index (Phi) is 11.4. The lowest BCUT2D eigenvalue weighted by Gasteiger charge is -2.38. The van der Waals surface area contributed by atoms with Crippen molar-refractivity contribution in [3.8, 4) is 0 Å². The molecule has 3 saturated heterocycles. The maximum atomic E-state index is 14.2. The molecule has 0 radical (unpaired) electrons. The van der Waals surface area contributed by atoms with Crippen LogP contribution in [-0.2, 0) is 19.6 Å². The van der Waals surface area contributed by atoms with Gasteiger partial charge in [0.25, 0.3) is 0 Å². The van der Waals surface area contributed by atoms with Gasteiger partial charge in [-0.2, -0.15) is 0 Å². The average molecular weight is 611 g/mol. The summed E-state index contributed by atoms with van der Waals surface area (Å²) in [6.07, 6.45) is 7.53. The topological polar surface area (TPSA) is 90.0 Å². The number of halogens is 2. The summed E-state index contributed by atoms with van der Waals surface area (Å²) in [5.41, 5.74) is 0.646. The van der Waals surface area contributed by atoms with Crippen LogP contribution in [0, 0.1) is 29.4 Å². The molecule has 3 aliphatic rings. The van der Waals surface area contributed by atoms with Crippen LogP contribution in [0.5, 0.6) is 0 Å². The Morgan fingerprint density at radius 1 is 0.905 bits per heavy atom. The second kappa shape index (κ2) is 14.6. The first-order valence-electron chi connectivity index (χ1n) is 15.6.